The second kappa shape index (κ2) is 2.39. The highest BCUT2D eigenvalue weighted by Gasteiger charge is 2.17. The summed E-state index contributed by atoms with van der Waals surface area (Å²) in [6.07, 6.45) is 6.31. The SMILES string of the molecule is CC1(O)C=CC(C=O)=CC1. The van der Waals surface area contributed by atoms with Gasteiger partial charge in [0.2, 0.25) is 0 Å². The van der Waals surface area contributed by atoms with E-state index in [0.29, 0.717) is 12.0 Å². The lowest BCUT2D eigenvalue weighted by Crippen LogP contribution is -2.21. The monoisotopic (exact) mass is 138 g/mol. The summed E-state index contributed by atoms with van der Waals surface area (Å²) in [5.41, 5.74) is -0.112. The van der Waals surface area contributed by atoms with E-state index in [1.54, 1.807) is 25.2 Å². The molecule has 54 valence electrons. The maximum Gasteiger partial charge on any atom is 0.149 e. The van der Waals surface area contributed by atoms with Crippen molar-refractivity contribution in [1.29, 1.82) is 0 Å². The van der Waals surface area contributed by atoms with Gasteiger partial charge >= 0.3 is 0 Å². The van der Waals surface area contributed by atoms with E-state index in [1.807, 2.05) is 0 Å². The van der Waals surface area contributed by atoms with E-state index in [9.17, 15) is 9.90 Å². The molecule has 0 bridgehead atoms. The number of hydrogen-bond acceptors (Lipinski definition) is 2. The van der Waals surface area contributed by atoms with Gasteiger partial charge < -0.3 is 5.11 Å². The van der Waals surface area contributed by atoms with Crippen LogP contribution in [0.3, 0.4) is 0 Å². The fourth-order valence-electron chi connectivity index (χ4n) is 0.824. The van der Waals surface area contributed by atoms with E-state index in [0.717, 1.165) is 6.29 Å². The van der Waals surface area contributed by atoms with Gasteiger partial charge in [0.1, 0.15) is 6.29 Å². The normalized spacial score (nSPS) is 31.6. The van der Waals surface area contributed by atoms with Gasteiger partial charge in [-0.15, -0.1) is 0 Å². The topological polar surface area (TPSA) is 37.3 Å². The van der Waals surface area contributed by atoms with Crippen molar-refractivity contribution in [2.24, 2.45) is 0 Å². The van der Waals surface area contributed by atoms with Crippen molar-refractivity contribution in [2.75, 3.05) is 0 Å². The molecule has 0 saturated carbocycles. The molecular formula is C8H10O2. The van der Waals surface area contributed by atoms with Gasteiger partial charge in [-0.25, -0.2) is 0 Å². The van der Waals surface area contributed by atoms with E-state index in [4.69, 9.17) is 0 Å². The molecule has 2 nitrogen and oxygen atoms in total. The molecule has 0 aromatic rings. The molecule has 2 heteroatoms. The predicted octanol–water partition coefficient (Wildman–Crippen LogP) is 0.823. The summed E-state index contributed by atoms with van der Waals surface area (Å²) in [6.45, 7) is 1.71. The summed E-state index contributed by atoms with van der Waals surface area (Å²) in [5, 5.41) is 9.34. The molecule has 0 amide bonds. The highest BCUT2D eigenvalue weighted by atomic mass is 16.3. The molecule has 0 spiro atoms. The number of hydrogen-bond donors (Lipinski definition) is 1. The molecule has 0 fully saturated rings. The first-order chi connectivity index (χ1) is 4.64. The Kier molecular flexibility index (Phi) is 1.72. The van der Waals surface area contributed by atoms with Gasteiger partial charge in [-0.2, -0.15) is 0 Å². The van der Waals surface area contributed by atoms with E-state index in [2.05, 4.69) is 0 Å². The number of carbonyl (C=O) groups excluding carboxylic acids is 1. The number of aliphatic hydroxyl groups is 1. The van der Waals surface area contributed by atoms with Crippen LogP contribution in [0.4, 0.5) is 0 Å². The molecule has 10 heavy (non-hydrogen) atoms. The Bertz CT molecular complexity index is 199. The molecule has 0 aromatic heterocycles. The molecule has 1 atom stereocenters. The summed E-state index contributed by atoms with van der Waals surface area (Å²) < 4.78 is 0. The molecule has 0 heterocycles. The molecule has 0 saturated heterocycles. The average Bonchev–Trinajstić information content (AvgIpc) is 1.88. The predicted molar refractivity (Wildman–Crippen MR) is 38.5 cm³/mol. The summed E-state index contributed by atoms with van der Waals surface area (Å²) in [6, 6.07) is 0. The van der Waals surface area contributed by atoms with Crippen LogP contribution in [-0.2, 0) is 4.79 Å². The van der Waals surface area contributed by atoms with E-state index < -0.39 is 5.60 Å². The lowest BCUT2D eigenvalue weighted by atomic mass is 9.95. The fourth-order valence-corrected chi connectivity index (χ4v) is 0.824. The first-order valence-corrected chi connectivity index (χ1v) is 3.21. The number of allylic oxidation sites excluding steroid dienone is 2. The lowest BCUT2D eigenvalue weighted by Gasteiger charge is -2.19. The molecule has 1 aliphatic rings. The molecule has 1 N–H and O–H groups in total. The van der Waals surface area contributed by atoms with E-state index in [-0.39, 0.29) is 0 Å². The van der Waals surface area contributed by atoms with Gasteiger partial charge in [0.15, 0.2) is 0 Å². The van der Waals surface area contributed by atoms with Crippen LogP contribution >= 0.6 is 0 Å². The zero-order chi connectivity index (χ0) is 7.61. The highest BCUT2D eigenvalue weighted by molar-refractivity contribution is 5.78. The second-order valence-electron chi connectivity index (χ2n) is 2.72. The lowest BCUT2D eigenvalue weighted by molar-refractivity contribution is -0.104. The van der Waals surface area contributed by atoms with Crippen LogP contribution in [0, 0.1) is 0 Å². The molecule has 0 radical (unpaired) electrons. The van der Waals surface area contributed by atoms with Crippen molar-refractivity contribution in [1.82, 2.24) is 0 Å². The quantitative estimate of drug-likeness (QED) is 0.545. The first-order valence-electron chi connectivity index (χ1n) is 3.21. The third-order valence-electron chi connectivity index (χ3n) is 1.52. The molecular weight excluding hydrogens is 128 g/mol. The molecule has 1 rings (SSSR count). The first kappa shape index (κ1) is 7.22. The van der Waals surface area contributed by atoms with Crippen molar-refractivity contribution >= 4 is 6.29 Å². The summed E-state index contributed by atoms with van der Waals surface area (Å²) in [4.78, 5) is 10.2. The maximum atomic E-state index is 10.2. The Morgan fingerprint density at radius 3 is 2.90 bits per heavy atom. The summed E-state index contributed by atoms with van der Waals surface area (Å²) in [7, 11) is 0. The fraction of sp³-hybridized carbons (Fsp3) is 0.375. The van der Waals surface area contributed by atoms with Crippen molar-refractivity contribution < 1.29 is 9.90 Å². The van der Waals surface area contributed by atoms with Crippen LogP contribution in [0.2, 0.25) is 0 Å². The summed E-state index contributed by atoms with van der Waals surface area (Å²) in [5.74, 6) is 0. The van der Waals surface area contributed by atoms with E-state index >= 15 is 0 Å². The van der Waals surface area contributed by atoms with Crippen molar-refractivity contribution in [2.45, 2.75) is 18.9 Å². The Balaban J connectivity index is 2.72. The average molecular weight is 138 g/mol. The van der Waals surface area contributed by atoms with Crippen LogP contribution in [0.1, 0.15) is 13.3 Å². The zero-order valence-electron chi connectivity index (χ0n) is 5.87. The van der Waals surface area contributed by atoms with Crippen LogP contribution < -0.4 is 0 Å². The van der Waals surface area contributed by atoms with Crippen LogP contribution in [-0.4, -0.2) is 17.0 Å². The Morgan fingerprint density at radius 1 is 1.80 bits per heavy atom. The smallest absolute Gasteiger partial charge is 0.149 e. The second-order valence-corrected chi connectivity index (χ2v) is 2.72. The van der Waals surface area contributed by atoms with Gasteiger partial charge in [-0.05, 0) is 13.3 Å². The minimum Gasteiger partial charge on any atom is -0.386 e. The van der Waals surface area contributed by atoms with Crippen LogP contribution in [0.15, 0.2) is 23.8 Å². The Hall–Kier alpha value is -0.890. The van der Waals surface area contributed by atoms with Crippen molar-refractivity contribution in [3.05, 3.63) is 23.8 Å². The standard InChI is InChI=1S/C8H10O2/c1-8(10)4-2-7(6-9)3-5-8/h2-4,6,10H,5H2,1H3. The maximum absolute atomic E-state index is 10.2. The summed E-state index contributed by atoms with van der Waals surface area (Å²) >= 11 is 0. The third kappa shape index (κ3) is 1.54. The largest absolute Gasteiger partial charge is 0.386 e. The number of rotatable bonds is 1. The zero-order valence-corrected chi connectivity index (χ0v) is 5.87. The molecule has 0 aliphatic heterocycles. The van der Waals surface area contributed by atoms with Gasteiger partial charge in [0, 0.05) is 5.57 Å². The highest BCUT2D eigenvalue weighted by Crippen LogP contribution is 2.18. The Labute approximate surface area is 59.9 Å². The molecule has 0 aromatic carbocycles. The number of aldehydes is 1. The van der Waals surface area contributed by atoms with Crippen molar-refractivity contribution in [3.63, 3.8) is 0 Å². The Morgan fingerprint density at radius 2 is 2.50 bits per heavy atom. The minimum atomic E-state index is -0.757. The van der Waals surface area contributed by atoms with Crippen LogP contribution in [0.25, 0.3) is 0 Å². The van der Waals surface area contributed by atoms with Crippen molar-refractivity contribution in [3.8, 4) is 0 Å². The minimum absolute atomic E-state index is 0.525. The van der Waals surface area contributed by atoms with Gasteiger partial charge in [0.05, 0.1) is 5.60 Å². The van der Waals surface area contributed by atoms with Gasteiger partial charge in [0.25, 0.3) is 0 Å². The van der Waals surface area contributed by atoms with E-state index in [1.165, 1.54) is 0 Å². The van der Waals surface area contributed by atoms with Gasteiger partial charge in [-0.1, -0.05) is 18.2 Å². The number of carbonyl (C=O) groups is 1. The third-order valence-corrected chi connectivity index (χ3v) is 1.52. The van der Waals surface area contributed by atoms with Crippen LogP contribution in [0.5, 0.6) is 0 Å². The molecule has 1 aliphatic carbocycles. The van der Waals surface area contributed by atoms with Gasteiger partial charge in [-0.3, -0.25) is 4.79 Å². The molecule has 1 unspecified atom stereocenters.